The van der Waals surface area contributed by atoms with Crippen molar-refractivity contribution < 1.29 is 31.2 Å². The summed E-state index contributed by atoms with van der Waals surface area (Å²) in [6, 6.07) is 9.95. The van der Waals surface area contributed by atoms with Crippen molar-refractivity contribution in [1.82, 2.24) is 4.90 Å². The fraction of sp³-hybridized carbons (Fsp3) is 0.263. The van der Waals surface area contributed by atoms with Crippen molar-refractivity contribution >= 4 is 40.0 Å². The van der Waals surface area contributed by atoms with Gasteiger partial charge in [0.2, 0.25) is 0 Å². The van der Waals surface area contributed by atoms with Crippen molar-refractivity contribution in [3.05, 3.63) is 59.2 Å². The molecule has 30 heavy (non-hydrogen) atoms. The molecule has 6 nitrogen and oxygen atoms in total. The lowest BCUT2D eigenvalue weighted by Gasteiger charge is -2.29. The second-order valence-corrected chi connectivity index (χ2v) is 8.67. The van der Waals surface area contributed by atoms with E-state index >= 15 is 0 Å². The van der Waals surface area contributed by atoms with Gasteiger partial charge >= 0.3 is 12.1 Å². The minimum absolute atomic E-state index is 0.0219. The first-order valence-corrected chi connectivity index (χ1v) is 10.9. The van der Waals surface area contributed by atoms with E-state index in [9.17, 15) is 31.2 Å². The molecule has 11 heteroatoms. The third-order valence-corrected chi connectivity index (χ3v) is 6.30. The highest BCUT2D eigenvalue weighted by atomic mass is 32.2. The van der Waals surface area contributed by atoms with Crippen LogP contribution in [0.3, 0.4) is 0 Å². The van der Waals surface area contributed by atoms with Crippen molar-refractivity contribution in [2.24, 2.45) is 0 Å². The van der Waals surface area contributed by atoms with Gasteiger partial charge in [-0.25, -0.2) is 8.42 Å². The monoisotopic (exact) mass is 458 g/mol. The number of amides is 1. The summed E-state index contributed by atoms with van der Waals surface area (Å²) < 4.78 is 65.8. The highest BCUT2D eigenvalue weighted by Crippen LogP contribution is 2.27. The Morgan fingerprint density at radius 1 is 1.07 bits per heavy atom. The zero-order valence-electron chi connectivity index (χ0n) is 15.4. The Morgan fingerprint density at radius 3 is 2.33 bits per heavy atom. The Kier molecular flexibility index (Phi) is 6.14. The van der Waals surface area contributed by atoms with Crippen molar-refractivity contribution in [2.45, 2.75) is 24.0 Å². The smallest absolute Gasteiger partial charge is 0.330 e. The molecule has 0 spiro atoms. The summed E-state index contributed by atoms with van der Waals surface area (Å²) in [5.41, 5.74) is 1.64. The number of halogens is 3. The average Bonchev–Trinajstić information content (AvgIpc) is 2.71. The molecule has 1 aliphatic heterocycles. The molecule has 0 bridgehead atoms. The van der Waals surface area contributed by atoms with Crippen LogP contribution in [0.2, 0.25) is 0 Å². The van der Waals surface area contributed by atoms with Crippen LogP contribution in [0.4, 0.5) is 18.9 Å². The van der Waals surface area contributed by atoms with Crippen LogP contribution in [0.5, 0.6) is 0 Å². The SMILES string of the molecule is O=C(CS)c1ccc(NS(=O)(=O)c2ccc3c(c2)CN(C(=O)C(F)(F)F)CC3)cc1. The van der Waals surface area contributed by atoms with E-state index in [0.717, 1.165) is 0 Å². The minimum atomic E-state index is -4.98. The number of rotatable bonds is 5. The molecular weight excluding hydrogens is 441 g/mol. The van der Waals surface area contributed by atoms with Crippen molar-refractivity contribution in [3.63, 3.8) is 0 Å². The molecule has 0 aliphatic carbocycles. The van der Waals surface area contributed by atoms with Gasteiger partial charge in [0.1, 0.15) is 0 Å². The van der Waals surface area contributed by atoms with Crippen LogP contribution in [0.15, 0.2) is 47.4 Å². The summed E-state index contributed by atoms with van der Waals surface area (Å²) in [6.45, 7) is -0.412. The number of alkyl halides is 3. The number of ketones is 1. The fourth-order valence-electron chi connectivity index (χ4n) is 3.08. The Labute approximate surface area is 176 Å². The number of Topliss-reactive ketones (excluding diaryl/α,β-unsaturated/α-hetero) is 1. The van der Waals surface area contributed by atoms with Gasteiger partial charge < -0.3 is 4.90 Å². The zero-order chi connectivity index (χ0) is 22.1. The summed E-state index contributed by atoms with van der Waals surface area (Å²) >= 11 is 3.90. The molecule has 1 aliphatic rings. The van der Waals surface area contributed by atoms with E-state index in [-0.39, 0.29) is 41.6 Å². The Balaban J connectivity index is 1.81. The first-order chi connectivity index (χ1) is 14.0. The lowest BCUT2D eigenvalue weighted by molar-refractivity contribution is -0.186. The van der Waals surface area contributed by atoms with Crippen LogP contribution in [-0.4, -0.2) is 43.5 Å². The lowest BCUT2D eigenvalue weighted by atomic mass is 10.00. The van der Waals surface area contributed by atoms with E-state index in [0.29, 0.717) is 21.6 Å². The summed E-state index contributed by atoms with van der Waals surface area (Å²) in [7, 11) is -4.03. The molecule has 3 rings (SSSR count). The van der Waals surface area contributed by atoms with Gasteiger partial charge in [-0.15, -0.1) is 0 Å². The van der Waals surface area contributed by atoms with Gasteiger partial charge in [0, 0.05) is 24.3 Å². The molecule has 160 valence electrons. The maximum Gasteiger partial charge on any atom is 0.471 e. The van der Waals surface area contributed by atoms with Gasteiger partial charge in [0.25, 0.3) is 10.0 Å². The molecule has 1 amide bonds. The van der Waals surface area contributed by atoms with Gasteiger partial charge in [-0.1, -0.05) is 6.07 Å². The summed E-state index contributed by atoms with van der Waals surface area (Å²) in [4.78, 5) is 23.6. The van der Waals surface area contributed by atoms with Crippen LogP contribution >= 0.6 is 12.6 Å². The Bertz CT molecular complexity index is 1080. The Hall–Kier alpha value is -2.53. The molecule has 0 atom stereocenters. The molecular formula is C19H17F3N2O4S2. The quantitative estimate of drug-likeness (QED) is 0.533. The van der Waals surface area contributed by atoms with E-state index in [1.165, 1.54) is 42.5 Å². The normalized spacial score (nSPS) is 14.2. The van der Waals surface area contributed by atoms with Gasteiger partial charge in [-0.2, -0.15) is 25.8 Å². The van der Waals surface area contributed by atoms with Gasteiger partial charge in [0.05, 0.1) is 10.6 Å². The number of hydrogen-bond donors (Lipinski definition) is 2. The largest absolute Gasteiger partial charge is 0.471 e. The summed E-state index contributed by atoms with van der Waals surface area (Å²) in [6.07, 6.45) is -4.78. The number of fused-ring (bicyclic) bond motifs is 1. The highest BCUT2D eigenvalue weighted by Gasteiger charge is 2.43. The maximum absolute atomic E-state index is 12.7. The van der Waals surface area contributed by atoms with Gasteiger partial charge in [0.15, 0.2) is 5.78 Å². The van der Waals surface area contributed by atoms with E-state index in [1.54, 1.807) is 0 Å². The van der Waals surface area contributed by atoms with E-state index in [1.807, 2.05) is 0 Å². The molecule has 1 heterocycles. The standard InChI is InChI=1S/C19H17F3N2O4S2/c20-19(21,22)18(26)24-8-7-12-3-6-16(9-14(12)10-24)30(27,28)23-15-4-1-13(2-5-15)17(25)11-29/h1-6,9,23,29H,7-8,10-11H2. The minimum Gasteiger partial charge on any atom is -0.330 e. The molecule has 2 aromatic rings. The maximum atomic E-state index is 12.7. The number of benzene rings is 2. The number of nitrogens with zero attached hydrogens (tertiary/aromatic N) is 1. The summed E-state index contributed by atoms with van der Waals surface area (Å²) in [5.74, 6) is -2.13. The average molecular weight is 458 g/mol. The molecule has 0 radical (unpaired) electrons. The number of hydrogen-bond acceptors (Lipinski definition) is 5. The molecule has 0 saturated heterocycles. The first-order valence-electron chi connectivity index (χ1n) is 8.76. The number of carbonyl (C=O) groups excluding carboxylic acids is 2. The van der Waals surface area contributed by atoms with Gasteiger partial charge in [-0.3, -0.25) is 14.3 Å². The third kappa shape index (κ3) is 4.78. The molecule has 0 fully saturated rings. The van der Waals surface area contributed by atoms with Crippen LogP contribution in [0.1, 0.15) is 21.5 Å². The van der Waals surface area contributed by atoms with Gasteiger partial charge in [-0.05, 0) is 53.9 Å². The van der Waals surface area contributed by atoms with Crippen LogP contribution in [-0.2, 0) is 27.8 Å². The molecule has 1 N–H and O–H groups in total. The first kappa shape index (κ1) is 22.2. The zero-order valence-corrected chi connectivity index (χ0v) is 17.2. The molecule has 0 aromatic heterocycles. The topological polar surface area (TPSA) is 83.6 Å². The second-order valence-electron chi connectivity index (χ2n) is 6.67. The van der Waals surface area contributed by atoms with E-state index in [4.69, 9.17) is 0 Å². The van der Waals surface area contributed by atoms with Crippen LogP contribution in [0, 0.1) is 0 Å². The molecule has 0 unspecified atom stereocenters. The van der Waals surface area contributed by atoms with Crippen molar-refractivity contribution in [2.75, 3.05) is 17.0 Å². The highest BCUT2D eigenvalue weighted by molar-refractivity contribution is 7.92. The number of nitrogens with one attached hydrogen (secondary N) is 1. The van der Waals surface area contributed by atoms with Crippen LogP contribution < -0.4 is 4.72 Å². The number of carbonyl (C=O) groups is 2. The number of thiol groups is 1. The molecule has 2 aromatic carbocycles. The second kappa shape index (κ2) is 8.31. The van der Waals surface area contributed by atoms with Crippen molar-refractivity contribution in [3.8, 4) is 0 Å². The predicted molar refractivity (Wildman–Crippen MR) is 107 cm³/mol. The van der Waals surface area contributed by atoms with E-state index < -0.39 is 22.1 Å². The predicted octanol–water partition coefficient (Wildman–Crippen LogP) is 3.05. The fourth-order valence-corrected chi connectivity index (χ4v) is 4.37. The number of sulfonamides is 1. The Morgan fingerprint density at radius 2 is 1.73 bits per heavy atom. The molecule has 0 saturated carbocycles. The van der Waals surface area contributed by atoms with Crippen molar-refractivity contribution in [1.29, 1.82) is 0 Å². The summed E-state index contributed by atoms with van der Waals surface area (Å²) in [5, 5.41) is 0. The third-order valence-electron chi connectivity index (χ3n) is 4.63. The van der Waals surface area contributed by atoms with E-state index in [2.05, 4.69) is 17.4 Å². The number of anilines is 1. The van der Waals surface area contributed by atoms with Crippen LogP contribution in [0.25, 0.3) is 0 Å². The lowest BCUT2D eigenvalue weighted by Crippen LogP contribution is -2.43.